The van der Waals surface area contributed by atoms with Gasteiger partial charge in [0.2, 0.25) is 5.91 Å². The molecule has 0 bridgehead atoms. The zero-order valence-electron chi connectivity index (χ0n) is 10.9. The molecule has 2 rings (SSSR count). The number of amides is 1. The zero-order valence-corrected chi connectivity index (χ0v) is 11.7. The van der Waals surface area contributed by atoms with Gasteiger partial charge in [-0.15, -0.1) is 16.4 Å². The molecule has 2 aromatic heterocycles. The summed E-state index contributed by atoms with van der Waals surface area (Å²) >= 11 is 1.37. The highest BCUT2D eigenvalue weighted by Gasteiger charge is 2.20. The number of nitrogens with zero attached hydrogens (tertiary/aromatic N) is 4. The van der Waals surface area contributed by atoms with Crippen molar-refractivity contribution in [2.45, 2.75) is 32.9 Å². The Bertz CT molecular complexity index is 584. The van der Waals surface area contributed by atoms with Gasteiger partial charge >= 0.3 is 0 Å². The van der Waals surface area contributed by atoms with E-state index < -0.39 is 5.60 Å². The van der Waals surface area contributed by atoms with E-state index in [1.54, 1.807) is 20.0 Å². The van der Waals surface area contributed by atoms with Crippen molar-refractivity contribution in [1.29, 1.82) is 0 Å². The predicted octanol–water partition coefficient (Wildman–Crippen LogP) is 0.909. The molecule has 0 aliphatic heterocycles. The van der Waals surface area contributed by atoms with Crippen LogP contribution in [0.2, 0.25) is 0 Å². The van der Waals surface area contributed by atoms with E-state index in [0.717, 1.165) is 5.69 Å². The van der Waals surface area contributed by atoms with Crippen molar-refractivity contribution in [3.05, 3.63) is 23.0 Å². The first-order valence-electron chi connectivity index (χ1n) is 5.69. The molecule has 2 heterocycles. The maximum absolute atomic E-state index is 11.8. The van der Waals surface area contributed by atoms with Gasteiger partial charge in [-0.2, -0.15) is 0 Å². The van der Waals surface area contributed by atoms with Crippen LogP contribution in [0, 0.1) is 6.92 Å². The van der Waals surface area contributed by atoms with Gasteiger partial charge in [0, 0.05) is 5.38 Å². The van der Waals surface area contributed by atoms with Crippen LogP contribution in [-0.2, 0) is 16.9 Å². The summed E-state index contributed by atoms with van der Waals surface area (Å²) in [5, 5.41) is 22.5. The Morgan fingerprint density at radius 2 is 2.32 bits per heavy atom. The first-order valence-corrected chi connectivity index (χ1v) is 6.57. The molecule has 0 spiro atoms. The second-order valence-electron chi connectivity index (χ2n) is 4.70. The molecule has 8 heteroatoms. The smallest absolute Gasteiger partial charge is 0.247 e. The number of carbonyl (C=O) groups is 1. The second kappa shape index (κ2) is 5.06. The highest BCUT2D eigenvalue weighted by molar-refractivity contribution is 7.13. The lowest BCUT2D eigenvalue weighted by Gasteiger charge is -2.11. The molecule has 0 atom stereocenters. The van der Waals surface area contributed by atoms with Gasteiger partial charge in [-0.1, -0.05) is 5.21 Å². The van der Waals surface area contributed by atoms with Crippen LogP contribution in [0.1, 0.15) is 25.2 Å². The van der Waals surface area contributed by atoms with E-state index >= 15 is 0 Å². The Kier molecular flexibility index (Phi) is 3.63. The van der Waals surface area contributed by atoms with Crippen LogP contribution in [0.4, 0.5) is 5.13 Å². The fraction of sp³-hybridized carbons (Fsp3) is 0.455. The van der Waals surface area contributed by atoms with Gasteiger partial charge in [-0.05, 0) is 20.8 Å². The third kappa shape index (κ3) is 3.58. The van der Waals surface area contributed by atoms with Crippen molar-refractivity contribution in [2.24, 2.45) is 0 Å². The van der Waals surface area contributed by atoms with E-state index in [2.05, 4.69) is 20.6 Å². The minimum Gasteiger partial charge on any atom is -0.384 e. The molecular formula is C11H15N5O2S. The Morgan fingerprint density at radius 3 is 2.84 bits per heavy atom. The highest BCUT2D eigenvalue weighted by Crippen LogP contribution is 2.16. The number of thiazole rings is 1. The molecule has 0 aromatic carbocycles. The molecule has 0 unspecified atom stereocenters. The van der Waals surface area contributed by atoms with E-state index in [1.165, 1.54) is 16.0 Å². The summed E-state index contributed by atoms with van der Waals surface area (Å²) in [7, 11) is 0. The topological polar surface area (TPSA) is 92.9 Å². The summed E-state index contributed by atoms with van der Waals surface area (Å²) in [4.78, 5) is 15.9. The Balaban J connectivity index is 1.97. The maximum atomic E-state index is 11.8. The molecular weight excluding hydrogens is 266 g/mol. The van der Waals surface area contributed by atoms with Crippen molar-refractivity contribution < 1.29 is 9.90 Å². The molecule has 2 N–H and O–H groups in total. The number of aromatic nitrogens is 4. The minimum atomic E-state index is -1.07. The molecule has 0 aliphatic carbocycles. The molecule has 0 fully saturated rings. The summed E-state index contributed by atoms with van der Waals surface area (Å²) in [6.07, 6.45) is 1.55. The van der Waals surface area contributed by atoms with Gasteiger partial charge in [-0.25, -0.2) is 9.67 Å². The first-order chi connectivity index (χ1) is 8.84. The van der Waals surface area contributed by atoms with Gasteiger partial charge in [0.05, 0.1) is 11.9 Å². The van der Waals surface area contributed by atoms with E-state index in [9.17, 15) is 9.90 Å². The van der Waals surface area contributed by atoms with Crippen LogP contribution in [0.15, 0.2) is 11.6 Å². The SMILES string of the molecule is Cc1csc(NC(=O)Cn2cc(C(C)(C)O)nn2)n1. The van der Waals surface area contributed by atoms with Crippen molar-refractivity contribution in [3.63, 3.8) is 0 Å². The van der Waals surface area contributed by atoms with Crippen LogP contribution in [0.25, 0.3) is 0 Å². The fourth-order valence-corrected chi connectivity index (χ4v) is 2.08. The average Bonchev–Trinajstić information content (AvgIpc) is 2.87. The van der Waals surface area contributed by atoms with E-state index in [4.69, 9.17) is 0 Å². The molecule has 0 aliphatic rings. The summed E-state index contributed by atoms with van der Waals surface area (Å²) in [6, 6.07) is 0. The number of carbonyl (C=O) groups excluding carboxylic acids is 1. The predicted molar refractivity (Wildman–Crippen MR) is 70.7 cm³/mol. The zero-order chi connectivity index (χ0) is 14.0. The third-order valence-electron chi connectivity index (χ3n) is 2.34. The van der Waals surface area contributed by atoms with Gasteiger partial charge in [0.25, 0.3) is 0 Å². The van der Waals surface area contributed by atoms with Crippen LogP contribution >= 0.6 is 11.3 Å². The van der Waals surface area contributed by atoms with Crippen molar-refractivity contribution in [2.75, 3.05) is 5.32 Å². The quantitative estimate of drug-likeness (QED) is 0.869. The Labute approximate surface area is 114 Å². The van der Waals surface area contributed by atoms with E-state index in [1.807, 2.05) is 12.3 Å². The number of anilines is 1. The van der Waals surface area contributed by atoms with Crippen molar-refractivity contribution >= 4 is 22.4 Å². The number of rotatable bonds is 4. The Hall–Kier alpha value is -1.80. The van der Waals surface area contributed by atoms with Gasteiger partial charge in [0.1, 0.15) is 17.8 Å². The molecule has 1 amide bonds. The molecule has 0 saturated heterocycles. The van der Waals surface area contributed by atoms with E-state index in [0.29, 0.717) is 10.8 Å². The summed E-state index contributed by atoms with van der Waals surface area (Å²) in [5.74, 6) is -0.235. The summed E-state index contributed by atoms with van der Waals surface area (Å²) in [6.45, 7) is 5.11. The first kappa shape index (κ1) is 13.6. The van der Waals surface area contributed by atoms with Gasteiger partial charge in [0.15, 0.2) is 5.13 Å². The largest absolute Gasteiger partial charge is 0.384 e. The minimum absolute atomic E-state index is 0.0295. The van der Waals surface area contributed by atoms with Gasteiger partial charge in [-0.3, -0.25) is 4.79 Å². The molecule has 0 radical (unpaired) electrons. The number of aliphatic hydroxyl groups is 1. The second-order valence-corrected chi connectivity index (χ2v) is 5.56. The normalized spacial score (nSPS) is 11.6. The maximum Gasteiger partial charge on any atom is 0.247 e. The summed E-state index contributed by atoms with van der Waals surface area (Å²) < 4.78 is 1.38. The van der Waals surface area contributed by atoms with Crippen molar-refractivity contribution in [1.82, 2.24) is 20.0 Å². The number of hydrogen-bond donors (Lipinski definition) is 2. The van der Waals surface area contributed by atoms with Crippen LogP contribution < -0.4 is 5.32 Å². The van der Waals surface area contributed by atoms with Crippen molar-refractivity contribution in [3.8, 4) is 0 Å². The monoisotopic (exact) mass is 281 g/mol. The number of hydrogen-bond acceptors (Lipinski definition) is 6. The number of aryl methyl sites for hydroxylation is 1. The highest BCUT2D eigenvalue weighted by atomic mass is 32.1. The lowest BCUT2D eigenvalue weighted by Crippen LogP contribution is -2.19. The molecule has 7 nitrogen and oxygen atoms in total. The Morgan fingerprint density at radius 1 is 1.58 bits per heavy atom. The molecule has 102 valence electrons. The fourth-order valence-electron chi connectivity index (χ4n) is 1.37. The summed E-state index contributed by atoms with van der Waals surface area (Å²) in [5.41, 5.74) is 0.219. The van der Waals surface area contributed by atoms with Gasteiger partial charge < -0.3 is 10.4 Å². The van der Waals surface area contributed by atoms with Crippen LogP contribution in [0.5, 0.6) is 0 Å². The molecule has 0 saturated carbocycles. The standard InChI is InChI=1S/C11H15N5O2S/c1-7-6-19-10(12-7)13-9(17)5-16-4-8(14-15-16)11(2,3)18/h4,6,18H,5H2,1-3H3,(H,12,13,17). The van der Waals surface area contributed by atoms with Crippen LogP contribution in [0.3, 0.4) is 0 Å². The van der Waals surface area contributed by atoms with E-state index in [-0.39, 0.29) is 12.5 Å². The lowest BCUT2D eigenvalue weighted by atomic mass is 10.1. The average molecular weight is 281 g/mol. The lowest BCUT2D eigenvalue weighted by molar-refractivity contribution is -0.116. The molecule has 19 heavy (non-hydrogen) atoms. The number of nitrogens with one attached hydrogen (secondary N) is 1. The van der Waals surface area contributed by atoms with Crippen LogP contribution in [-0.4, -0.2) is 31.0 Å². The third-order valence-corrected chi connectivity index (χ3v) is 3.21. The molecule has 2 aromatic rings.